The number of nitrogens with zero attached hydrogens (tertiary/aromatic N) is 2. The summed E-state index contributed by atoms with van der Waals surface area (Å²) in [6, 6.07) is 3.97. The van der Waals surface area contributed by atoms with Crippen LogP contribution in [-0.2, 0) is 12.6 Å². The maximum atomic E-state index is 12.8. The van der Waals surface area contributed by atoms with Crippen LogP contribution in [0, 0.1) is 28.6 Å². The van der Waals surface area contributed by atoms with E-state index in [4.69, 9.17) is 15.6 Å². The lowest BCUT2D eigenvalue weighted by Gasteiger charge is -2.56. The van der Waals surface area contributed by atoms with Crippen molar-refractivity contribution in [2.75, 3.05) is 5.48 Å². The number of benzene rings is 1. The van der Waals surface area contributed by atoms with E-state index in [2.05, 4.69) is 35.9 Å². The fourth-order valence-corrected chi connectivity index (χ4v) is 8.95. The first-order chi connectivity index (χ1) is 18.5. The topological polar surface area (TPSA) is 102 Å². The summed E-state index contributed by atoms with van der Waals surface area (Å²) < 4.78 is 38.5. The monoisotopic (exact) mass is 559 g/mol. The van der Waals surface area contributed by atoms with Crippen molar-refractivity contribution in [3.8, 4) is 5.75 Å². The van der Waals surface area contributed by atoms with E-state index in [0.29, 0.717) is 22.9 Å². The number of anilines is 1. The SMILES string of the molecule is C[C@]12CCc3nc(NOc4ccc(C(F)(F)F)cc4)sc3C1=CC[C@@H]1[C@@H]2CC[C@]2(C)/C(=N/NC(N)=O)CC[C@@H]12. The smallest absolute Gasteiger partial charge is 0.380 e. The highest BCUT2D eigenvalue weighted by Gasteiger charge is 2.58. The Labute approximate surface area is 229 Å². The first-order valence-electron chi connectivity index (χ1n) is 13.4. The number of fused-ring (bicyclic) bond motifs is 7. The van der Waals surface area contributed by atoms with Crippen LogP contribution < -0.4 is 21.5 Å². The Morgan fingerprint density at radius 3 is 2.59 bits per heavy atom. The van der Waals surface area contributed by atoms with E-state index in [1.807, 2.05) is 0 Å². The number of hydrogen-bond acceptors (Lipinski definition) is 6. The number of amides is 2. The summed E-state index contributed by atoms with van der Waals surface area (Å²) in [7, 11) is 0. The molecule has 7 nitrogen and oxygen atoms in total. The number of primary amides is 1. The van der Waals surface area contributed by atoms with Crippen LogP contribution in [0.2, 0.25) is 0 Å². The minimum Gasteiger partial charge on any atom is -0.380 e. The number of thiazole rings is 1. The zero-order chi connectivity index (χ0) is 27.6. The Morgan fingerprint density at radius 1 is 1.13 bits per heavy atom. The number of nitrogens with one attached hydrogen (secondary N) is 2. The lowest BCUT2D eigenvalue weighted by atomic mass is 9.48. The number of allylic oxidation sites excluding steroid dienone is 2. The molecule has 2 amide bonds. The summed E-state index contributed by atoms with van der Waals surface area (Å²) in [6.07, 6.45) is 5.08. The maximum Gasteiger partial charge on any atom is 0.416 e. The Morgan fingerprint density at radius 2 is 1.87 bits per heavy atom. The molecule has 4 N–H and O–H groups in total. The minimum atomic E-state index is -4.38. The average Bonchev–Trinajstić information content (AvgIpc) is 3.46. The van der Waals surface area contributed by atoms with Gasteiger partial charge in [0.2, 0.25) is 5.13 Å². The largest absolute Gasteiger partial charge is 0.416 e. The van der Waals surface area contributed by atoms with Gasteiger partial charge in [0.15, 0.2) is 5.75 Å². The third kappa shape index (κ3) is 4.38. The van der Waals surface area contributed by atoms with E-state index in [-0.39, 0.29) is 16.6 Å². The molecule has 2 aromatic rings. The van der Waals surface area contributed by atoms with E-state index in [1.165, 1.54) is 22.6 Å². The van der Waals surface area contributed by atoms with Crippen LogP contribution in [0.3, 0.4) is 0 Å². The van der Waals surface area contributed by atoms with Crippen molar-refractivity contribution in [2.45, 2.75) is 65.0 Å². The van der Waals surface area contributed by atoms with Crippen LogP contribution >= 0.6 is 11.3 Å². The van der Waals surface area contributed by atoms with Crippen LogP contribution in [0.4, 0.5) is 23.1 Å². The molecule has 6 rings (SSSR count). The van der Waals surface area contributed by atoms with Gasteiger partial charge in [-0.15, -0.1) is 0 Å². The molecule has 0 unspecified atom stereocenters. The fraction of sp³-hybridized carbons (Fsp3) is 0.536. The second kappa shape index (κ2) is 9.25. The predicted octanol–water partition coefficient (Wildman–Crippen LogP) is 6.77. The van der Waals surface area contributed by atoms with Gasteiger partial charge in [0.05, 0.1) is 16.1 Å². The van der Waals surface area contributed by atoms with Gasteiger partial charge in [-0.25, -0.2) is 15.2 Å². The van der Waals surface area contributed by atoms with E-state index in [0.717, 1.165) is 68.5 Å². The van der Waals surface area contributed by atoms with Gasteiger partial charge in [-0.05, 0) is 98.0 Å². The van der Waals surface area contributed by atoms with Crippen molar-refractivity contribution in [3.05, 3.63) is 46.5 Å². The molecule has 5 atom stereocenters. The first-order valence-corrected chi connectivity index (χ1v) is 14.2. The van der Waals surface area contributed by atoms with Crippen molar-refractivity contribution in [1.82, 2.24) is 10.4 Å². The number of halogens is 3. The van der Waals surface area contributed by atoms with Gasteiger partial charge >= 0.3 is 12.2 Å². The van der Waals surface area contributed by atoms with Gasteiger partial charge < -0.3 is 10.6 Å². The zero-order valence-corrected chi connectivity index (χ0v) is 22.7. The molecule has 2 fully saturated rings. The van der Waals surface area contributed by atoms with E-state index >= 15 is 0 Å². The standard InChI is InChI=1S/C28H32F3N5O2S/c1-26-14-12-21-23(39-25(33-21)36-38-16-5-3-15(4-6-16)28(29,30)31)20(26)8-7-17-18-9-10-22(34-35-24(32)37)27(18,2)13-11-19(17)26/h3-6,8,17-19H,7,9-14H2,1-2H3,(H,33,36)(H3,32,35,37)/b34-22+/t17-,18-,19-,26+,27-/m0/s1. The van der Waals surface area contributed by atoms with Crippen LogP contribution in [0.25, 0.3) is 5.57 Å². The van der Waals surface area contributed by atoms with Gasteiger partial charge in [0.25, 0.3) is 0 Å². The van der Waals surface area contributed by atoms with E-state index in [9.17, 15) is 18.0 Å². The van der Waals surface area contributed by atoms with Crippen molar-refractivity contribution < 1.29 is 22.8 Å². The number of aromatic nitrogens is 1. The second-order valence-electron chi connectivity index (χ2n) is 11.7. The number of carbonyl (C=O) groups excluding carboxylic acids is 1. The number of carbonyl (C=O) groups is 1. The van der Waals surface area contributed by atoms with E-state index < -0.39 is 17.8 Å². The van der Waals surface area contributed by atoms with Crippen LogP contribution in [-0.4, -0.2) is 16.7 Å². The van der Waals surface area contributed by atoms with Crippen LogP contribution in [0.5, 0.6) is 5.75 Å². The Kier molecular flexibility index (Phi) is 6.20. The minimum absolute atomic E-state index is 0.0115. The molecular weight excluding hydrogens is 527 g/mol. The quantitative estimate of drug-likeness (QED) is 0.360. The summed E-state index contributed by atoms with van der Waals surface area (Å²) in [4.78, 5) is 22.8. The van der Waals surface area contributed by atoms with Crippen molar-refractivity contribution >= 4 is 33.8 Å². The number of rotatable bonds is 4. The molecular formula is C28H32F3N5O2S. The summed E-state index contributed by atoms with van der Waals surface area (Å²) in [6.45, 7) is 4.71. The Bertz CT molecular complexity index is 1350. The molecule has 4 aliphatic carbocycles. The molecule has 0 spiro atoms. The number of aryl methyl sites for hydroxylation is 1. The van der Waals surface area contributed by atoms with Gasteiger partial charge in [-0.2, -0.15) is 23.8 Å². The maximum absolute atomic E-state index is 12.8. The zero-order valence-electron chi connectivity index (χ0n) is 21.9. The highest BCUT2D eigenvalue weighted by Crippen LogP contribution is 2.65. The molecule has 0 saturated heterocycles. The summed E-state index contributed by atoms with van der Waals surface area (Å²) >= 11 is 1.55. The van der Waals surface area contributed by atoms with Crippen molar-refractivity contribution in [2.24, 2.45) is 39.4 Å². The number of urea groups is 1. The third-order valence-electron chi connectivity index (χ3n) is 9.77. The molecule has 1 heterocycles. The predicted molar refractivity (Wildman–Crippen MR) is 144 cm³/mol. The normalized spacial score (nSPS) is 32.4. The highest BCUT2D eigenvalue weighted by atomic mass is 32.1. The average molecular weight is 560 g/mol. The summed E-state index contributed by atoms with van der Waals surface area (Å²) in [5.74, 6) is 1.94. The lowest BCUT2D eigenvalue weighted by molar-refractivity contribution is -0.137. The summed E-state index contributed by atoms with van der Waals surface area (Å²) in [5.41, 5.74) is 13.4. The molecule has 39 heavy (non-hydrogen) atoms. The molecule has 208 valence electrons. The number of hydrogen-bond donors (Lipinski definition) is 3. The molecule has 1 aromatic heterocycles. The van der Waals surface area contributed by atoms with Crippen molar-refractivity contribution in [3.63, 3.8) is 0 Å². The molecule has 11 heteroatoms. The Balaban J connectivity index is 1.20. The van der Waals surface area contributed by atoms with Gasteiger partial charge in [0, 0.05) is 11.1 Å². The molecule has 0 bridgehead atoms. The Hall–Kier alpha value is -3.08. The molecule has 1 aromatic carbocycles. The fourth-order valence-electron chi connectivity index (χ4n) is 7.83. The first kappa shape index (κ1) is 26.2. The van der Waals surface area contributed by atoms with Crippen LogP contribution in [0.1, 0.15) is 68.5 Å². The van der Waals surface area contributed by atoms with Crippen LogP contribution in [0.15, 0.2) is 35.4 Å². The molecule has 4 aliphatic rings. The van der Waals surface area contributed by atoms with Crippen molar-refractivity contribution in [1.29, 1.82) is 0 Å². The lowest BCUT2D eigenvalue weighted by Crippen LogP contribution is -2.49. The highest BCUT2D eigenvalue weighted by molar-refractivity contribution is 7.16. The van der Waals surface area contributed by atoms with Gasteiger partial charge in [-0.3, -0.25) is 0 Å². The number of nitrogens with two attached hydrogens (primary N) is 1. The third-order valence-corrected chi connectivity index (χ3v) is 10.8. The summed E-state index contributed by atoms with van der Waals surface area (Å²) in [5, 5.41) is 5.00. The molecule has 0 radical (unpaired) electrons. The van der Waals surface area contributed by atoms with E-state index in [1.54, 1.807) is 11.3 Å². The molecule has 0 aliphatic heterocycles. The number of alkyl halides is 3. The van der Waals surface area contributed by atoms with Gasteiger partial charge in [0.1, 0.15) is 0 Å². The number of hydrazone groups is 1. The second-order valence-corrected chi connectivity index (χ2v) is 12.7. The molecule has 2 saturated carbocycles. The van der Waals surface area contributed by atoms with Gasteiger partial charge in [-0.1, -0.05) is 31.3 Å².